The molecule has 3 nitrogen and oxygen atoms in total. The molecular weight excluding hydrogens is 224 g/mol. The SMILES string of the molecule is Cc1cccc(CCCN2CCN(C)CC2)c1O. The first-order valence-corrected chi connectivity index (χ1v) is 6.85. The fraction of sp³-hybridized carbons (Fsp3) is 0.600. The van der Waals surface area contributed by atoms with Gasteiger partial charge in [-0.3, -0.25) is 0 Å². The number of hydrogen-bond donors (Lipinski definition) is 1. The number of para-hydroxylation sites is 1. The Bertz CT molecular complexity index is 384. The zero-order valence-corrected chi connectivity index (χ0v) is 11.5. The van der Waals surface area contributed by atoms with Gasteiger partial charge < -0.3 is 14.9 Å². The topological polar surface area (TPSA) is 26.7 Å². The average Bonchev–Trinajstić information content (AvgIpc) is 2.37. The molecule has 3 heteroatoms. The van der Waals surface area contributed by atoms with E-state index in [-0.39, 0.29) is 0 Å². The Hall–Kier alpha value is -1.06. The smallest absolute Gasteiger partial charge is 0.121 e. The van der Waals surface area contributed by atoms with E-state index in [2.05, 4.69) is 16.8 Å². The molecule has 1 aromatic rings. The van der Waals surface area contributed by atoms with Gasteiger partial charge in [0.25, 0.3) is 0 Å². The van der Waals surface area contributed by atoms with Gasteiger partial charge in [0, 0.05) is 26.2 Å². The lowest BCUT2D eigenvalue weighted by atomic mass is 10.1. The molecule has 1 aliphatic heterocycles. The van der Waals surface area contributed by atoms with Gasteiger partial charge in [-0.05, 0) is 44.5 Å². The van der Waals surface area contributed by atoms with Crippen LogP contribution in [0.1, 0.15) is 17.5 Å². The van der Waals surface area contributed by atoms with Crippen LogP contribution in [0.2, 0.25) is 0 Å². The summed E-state index contributed by atoms with van der Waals surface area (Å²) >= 11 is 0. The minimum Gasteiger partial charge on any atom is -0.507 e. The zero-order valence-electron chi connectivity index (χ0n) is 11.5. The van der Waals surface area contributed by atoms with Crippen molar-refractivity contribution in [2.75, 3.05) is 39.8 Å². The lowest BCUT2D eigenvalue weighted by Gasteiger charge is -2.32. The highest BCUT2D eigenvalue weighted by molar-refractivity contribution is 5.39. The number of piperazine rings is 1. The maximum absolute atomic E-state index is 9.95. The first kappa shape index (κ1) is 13.4. The van der Waals surface area contributed by atoms with Gasteiger partial charge in [-0.25, -0.2) is 0 Å². The first-order chi connectivity index (χ1) is 8.66. The summed E-state index contributed by atoms with van der Waals surface area (Å²) in [6, 6.07) is 6.02. The normalized spacial score (nSPS) is 18.1. The number of nitrogens with zero attached hydrogens (tertiary/aromatic N) is 2. The van der Waals surface area contributed by atoms with E-state index in [1.807, 2.05) is 25.1 Å². The van der Waals surface area contributed by atoms with Crippen molar-refractivity contribution in [1.82, 2.24) is 9.80 Å². The van der Waals surface area contributed by atoms with Crippen LogP contribution < -0.4 is 0 Å². The fourth-order valence-corrected chi connectivity index (χ4v) is 2.49. The Kier molecular flexibility index (Phi) is 4.61. The Morgan fingerprint density at radius 3 is 2.61 bits per heavy atom. The second-order valence-corrected chi connectivity index (χ2v) is 5.33. The fourth-order valence-electron chi connectivity index (χ4n) is 2.49. The molecule has 0 amide bonds. The standard InChI is InChI=1S/C15H24N2O/c1-13-5-3-6-14(15(13)18)7-4-8-17-11-9-16(2)10-12-17/h3,5-6,18H,4,7-12H2,1-2H3. The van der Waals surface area contributed by atoms with E-state index in [1.165, 1.54) is 26.2 Å². The van der Waals surface area contributed by atoms with Crippen LogP contribution >= 0.6 is 0 Å². The molecule has 0 radical (unpaired) electrons. The van der Waals surface area contributed by atoms with Crippen molar-refractivity contribution in [3.8, 4) is 5.75 Å². The minimum absolute atomic E-state index is 0.482. The summed E-state index contributed by atoms with van der Waals surface area (Å²) in [4.78, 5) is 4.90. The van der Waals surface area contributed by atoms with Crippen molar-refractivity contribution in [3.63, 3.8) is 0 Å². The number of phenols is 1. The second-order valence-electron chi connectivity index (χ2n) is 5.33. The molecule has 1 N–H and O–H groups in total. The number of phenolic OH excluding ortho intramolecular Hbond substituents is 1. The maximum atomic E-state index is 9.95. The largest absolute Gasteiger partial charge is 0.507 e. The average molecular weight is 248 g/mol. The lowest BCUT2D eigenvalue weighted by molar-refractivity contribution is 0.153. The molecule has 1 saturated heterocycles. The van der Waals surface area contributed by atoms with Gasteiger partial charge in [0.15, 0.2) is 0 Å². The van der Waals surface area contributed by atoms with Crippen LogP contribution in [0.4, 0.5) is 0 Å². The molecule has 0 atom stereocenters. The Labute approximate surface area is 110 Å². The third kappa shape index (κ3) is 3.47. The van der Waals surface area contributed by atoms with Gasteiger partial charge in [-0.2, -0.15) is 0 Å². The van der Waals surface area contributed by atoms with Gasteiger partial charge >= 0.3 is 0 Å². The van der Waals surface area contributed by atoms with Crippen LogP contribution in [0.25, 0.3) is 0 Å². The highest BCUT2D eigenvalue weighted by Gasteiger charge is 2.13. The van der Waals surface area contributed by atoms with Gasteiger partial charge in [0.1, 0.15) is 5.75 Å². The van der Waals surface area contributed by atoms with E-state index in [1.54, 1.807) is 0 Å². The van der Waals surface area contributed by atoms with Gasteiger partial charge in [0.2, 0.25) is 0 Å². The Morgan fingerprint density at radius 2 is 1.89 bits per heavy atom. The molecule has 0 saturated carbocycles. The highest BCUT2D eigenvalue weighted by atomic mass is 16.3. The molecule has 0 spiro atoms. The van der Waals surface area contributed by atoms with Gasteiger partial charge in [0.05, 0.1) is 0 Å². The summed E-state index contributed by atoms with van der Waals surface area (Å²) in [7, 11) is 2.18. The van der Waals surface area contributed by atoms with Crippen LogP contribution in [0.3, 0.4) is 0 Å². The van der Waals surface area contributed by atoms with Crippen LogP contribution in [0.5, 0.6) is 5.75 Å². The zero-order chi connectivity index (χ0) is 13.0. The van der Waals surface area contributed by atoms with Crippen molar-refractivity contribution in [2.24, 2.45) is 0 Å². The molecule has 1 fully saturated rings. The third-order valence-electron chi connectivity index (χ3n) is 3.84. The van der Waals surface area contributed by atoms with Crippen molar-refractivity contribution in [2.45, 2.75) is 19.8 Å². The molecule has 1 aromatic carbocycles. The van der Waals surface area contributed by atoms with E-state index >= 15 is 0 Å². The highest BCUT2D eigenvalue weighted by Crippen LogP contribution is 2.22. The molecule has 0 unspecified atom stereocenters. The molecular formula is C15H24N2O. The third-order valence-corrected chi connectivity index (χ3v) is 3.84. The number of benzene rings is 1. The first-order valence-electron chi connectivity index (χ1n) is 6.85. The Balaban J connectivity index is 1.77. The summed E-state index contributed by atoms with van der Waals surface area (Å²) in [6.45, 7) is 7.80. The minimum atomic E-state index is 0.482. The van der Waals surface area contributed by atoms with Crippen LogP contribution in [0, 0.1) is 6.92 Å². The molecule has 1 aliphatic rings. The summed E-state index contributed by atoms with van der Waals surface area (Å²) in [5.41, 5.74) is 2.07. The molecule has 0 aromatic heterocycles. The summed E-state index contributed by atoms with van der Waals surface area (Å²) in [6.07, 6.45) is 2.10. The molecule has 100 valence electrons. The van der Waals surface area contributed by atoms with E-state index in [9.17, 15) is 5.11 Å². The number of aryl methyl sites for hydroxylation is 2. The van der Waals surface area contributed by atoms with Crippen LogP contribution in [-0.4, -0.2) is 54.7 Å². The molecule has 2 rings (SSSR count). The predicted molar refractivity (Wildman–Crippen MR) is 75.1 cm³/mol. The van der Waals surface area contributed by atoms with Crippen molar-refractivity contribution < 1.29 is 5.11 Å². The van der Waals surface area contributed by atoms with E-state index in [4.69, 9.17) is 0 Å². The van der Waals surface area contributed by atoms with E-state index < -0.39 is 0 Å². The second kappa shape index (κ2) is 6.21. The van der Waals surface area contributed by atoms with Gasteiger partial charge in [-0.1, -0.05) is 18.2 Å². The maximum Gasteiger partial charge on any atom is 0.121 e. The van der Waals surface area contributed by atoms with Crippen molar-refractivity contribution >= 4 is 0 Å². The summed E-state index contributed by atoms with van der Waals surface area (Å²) < 4.78 is 0. The lowest BCUT2D eigenvalue weighted by Crippen LogP contribution is -2.44. The van der Waals surface area contributed by atoms with Crippen LogP contribution in [-0.2, 0) is 6.42 Å². The molecule has 1 heterocycles. The number of likely N-dealkylation sites (N-methyl/N-ethyl adjacent to an activating group) is 1. The van der Waals surface area contributed by atoms with E-state index in [0.717, 1.165) is 30.5 Å². The summed E-state index contributed by atoms with van der Waals surface area (Å²) in [5.74, 6) is 0.482. The molecule has 18 heavy (non-hydrogen) atoms. The van der Waals surface area contributed by atoms with Crippen LogP contribution in [0.15, 0.2) is 18.2 Å². The quantitative estimate of drug-likeness (QED) is 0.881. The predicted octanol–water partition coefficient (Wildman–Crippen LogP) is 1.88. The van der Waals surface area contributed by atoms with Crippen molar-refractivity contribution in [1.29, 1.82) is 0 Å². The molecule has 0 aliphatic carbocycles. The summed E-state index contributed by atoms with van der Waals surface area (Å²) in [5, 5.41) is 9.95. The van der Waals surface area contributed by atoms with E-state index in [0.29, 0.717) is 5.75 Å². The van der Waals surface area contributed by atoms with Gasteiger partial charge in [-0.15, -0.1) is 0 Å². The number of hydrogen-bond acceptors (Lipinski definition) is 3. The monoisotopic (exact) mass is 248 g/mol. The van der Waals surface area contributed by atoms with Crippen molar-refractivity contribution in [3.05, 3.63) is 29.3 Å². The number of aromatic hydroxyl groups is 1. The number of rotatable bonds is 4. The molecule has 0 bridgehead atoms. The Morgan fingerprint density at radius 1 is 1.17 bits per heavy atom.